The van der Waals surface area contributed by atoms with E-state index in [1.807, 2.05) is 36.4 Å². The van der Waals surface area contributed by atoms with Gasteiger partial charge in [0, 0.05) is 17.1 Å². The zero-order chi connectivity index (χ0) is 15.4. The maximum Gasteiger partial charge on any atom is 0.129 e. The summed E-state index contributed by atoms with van der Waals surface area (Å²) in [5, 5.41) is 14.2. The smallest absolute Gasteiger partial charge is 0.129 e. The largest absolute Gasteiger partial charge is 0.467 e. The van der Waals surface area contributed by atoms with Crippen molar-refractivity contribution >= 4 is 11.6 Å². The van der Waals surface area contributed by atoms with Gasteiger partial charge in [0.2, 0.25) is 0 Å². The lowest BCUT2D eigenvalue weighted by molar-refractivity contribution is 0.0210. The van der Waals surface area contributed by atoms with Gasteiger partial charge in [0.25, 0.3) is 0 Å². The summed E-state index contributed by atoms with van der Waals surface area (Å²) in [6, 6.07) is 11.6. The number of ether oxygens (including phenoxy) is 1. The van der Waals surface area contributed by atoms with Crippen molar-refractivity contribution in [2.45, 2.75) is 31.1 Å². The van der Waals surface area contributed by atoms with Crippen LogP contribution in [0.15, 0.2) is 47.1 Å². The van der Waals surface area contributed by atoms with Crippen LogP contribution in [-0.2, 0) is 16.9 Å². The van der Waals surface area contributed by atoms with Crippen LogP contribution in [0.25, 0.3) is 0 Å². The number of rotatable bonds is 8. The van der Waals surface area contributed by atoms with Gasteiger partial charge in [0.1, 0.15) is 12.4 Å². The van der Waals surface area contributed by atoms with Crippen molar-refractivity contribution < 1.29 is 14.3 Å². The van der Waals surface area contributed by atoms with E-state index in [-0.39, 0.29) is 12.1 Å². The van der Waals surface area contributed by atoms with Crippen LogP contribution in [0.4, 0.5) is 0 Å². The Hall–Kier alpha value is -1.33. The number of benzene rings is 1. The fourth-order valence-electron chi connectivity index (χ4n) is 2.52. The summed E-state index contributed by atoms with van der Waals surface area (Å²) in [6.07, 6.45) is 3.22. The first-order valence-electron chi connectivity index (χ1n) is 7.47. The Labute approximate surface area is 135 Å². The van der Waals surface area contributed by atoms with Gasteiger partial charge in [-0.25, -0.2) is 0 Å². The highest BCUT2D eigenvalue weighted by molar-refractivity contribution is 6.30. The molecule has 1 aliphatic carbocycles. The fourth-order valence-corrected chi connectivity index (χ4v) is 2.65. The van der Waals surface area contributed by atoms with E-state index in [4.69, 9.17) is 20.8 Å². The van der Waals surface area contributed by atoms with Gasteiger partial charge >= 0.3 is 0 Å². The van der Waals surface area contributed by atoms with E-state index < -0.39 is 6.10 Å². The Morgan fingerprint density at radius 2 is 2.05 bits per heavy atom. The molecule has 3 rings (SSSR count). The molecule has 0 saturated heterocycles. The highest BCUT2D eigenvalue weighted by Gasteiger charge is 2.43. The Morgan fingerprint density at radius 3 is 2.68 bits per heavy atom. The Balaban J connectivity index is 1.42. The van der Waals surface area contributed by atoms with E-state index in [2.05, 4.69) is 5.32 Å². The van der Waals surface area contributed by atoms with Crippen LogP contribution in [0, 0.1) is 0 Å². The molecule has 1 heterocycles. The van der Waals surface area contributed by atoms with Crippen molar-refractivity contribution in [1.82, 2.24) is 5.32 Å². The first-order valence-corrected chi connectivity index (χ1v) is 7.85. The molecule has 5 heteroatoms. The highest BCUT2D eigenvalue weighted by atomic mass is 35.5. The minimum Gasteiger partial charge on any atom is -0.467 e. The minimum atomic E-state index is -0.542. The van der Waals surface area contributed by atoms with E-state index in [1.54, 1.807) is 6.26 Å². The molecule has 1 aliphatic rings. The quantitative estimate of drug-likeness (QED) is 0.784. The predicted molar refractivity (Wildman–Crippen MR) is 84.7 cm³/mol. The Morgan fingerprint density at radius 1 is 1.27 bits per heavy atom. The molecule has 1 saturated carbocycles. The summed E-state index contributed by atoms with van der Waals surface area (Å²) in [5.74, 6) is 0.764. The molecule has 0 amide bonds. The standard InChI is InChI=1S/C17H20ClNO3/c18-14-5-3-13(4-6-14)17(7-8-17)19-10-15(20)11-21-12-16-2-1-9-22-16/h1-6,9,15,19-20H,7-8,10-12H2. The third-order valence-electron chi connectivity index (χ3n) is 3.96. The molecule has 4 nitrogen and oxygen atoms in total. The van der Waals surface area contributed by atoms with Crippen molar-refractivity contribution in [3.05, 3.63) is 59.0 Å². The summed E-state index contributed by atoms with van der Waals surface area (Å²) < 4.78 is 10.6. The van der Waals surface area contributed by atoms with Crippen LogP contribution in [0.2, 0.25) is 5.02 Å². The summed E-state index contributed by atoms with van der Waals surface area (Å²) in [6.45, 7) is 1.16. The monoisotopic (exact) mass is 321 g/mol. The van der Waals surface area contributed by atoms with Gasteiger partial charge in [-0.3, -0.25) is 0 Å². The average Bonchev–Trinajstić information content (AvgIpc) is 3.13. The molecular weight excluding hydrogens is 302 g/mol. The highest BCUT2D eigenvalue weighted by Crippen LogP contribution is 2.45. The molecular formula is C17H20ClNO3. The molecule has 0 bridgehead atoms. The number of hydrogen-bond acceptors (Lipinski definition) is 4. The molecule has 0 radical (unpaired) electrons. The van der Waals surface area contributed by atoms with Crippen LogP contribution in [0.5, 0.6) is 0 Å². The summed E-state index contributed by atoms with van der Waals surface area (Å²) >= 11 is 5.92. The van der Waals surface area contributed by atoms with Gasteiger partial charge in [-0.15, -0.1) is 0 Å². The lowest BCUT2D eigenvalue weighted by Crippen LogP contribution is -2.37. The van der Waals surface area contributed by atoms with Crippen LogP contribution in [-0.4, -0.2) is 24.4 Å². The maximum absolute atomic E-state index is 10.0. The topological polar surface area (TPSA) is 54.6 Å². The summed E-state index contributed by atoms with van der Waals surface area (Å²) in [7, 11) is 0. The molecule has 2 N–H and O–H groups in total. The number of nitrogens with one attached hydrogen (secondary N) is 1. The molecule has 1 unspecified atom stereocenters. The van der Waals surface area contributed by atoms with Crippen molar-refractivity contribution in [2.24, 2.45) is 0 Å². The third kappa shape index (κ3) is 3.90. The average molecular weight is 322 g/mol. The van der Waals surface area contributed by atoms with Gasteiger partial charge in [0.05, 0.1) is 19.0 Å². The molecule has 1 aromatic heterocycles. The number of furan rings is 1. The van der Waals surface area contributed by atoms with Crippen LogP contribution >= 0.6 is 11.6 Å². The molecule has 0 spiro atoms. The second-order valence-corrected chi connectivity index (χ2v) is 6.15. The zero-order valence-electron chi connectivity index (χ0n) is 12.3. The number of halogens is 1. The minimum absolute atomic E-state index is 0.00736. The normalized spacial score (nSPS) is 17.4. The van der Waals surface area contributed by atoms with Crippen LogP contribution in [0.3, 0.4) is 0 Å². The Kier molecular flexibility index (Phi) is 4.84. The molecule has 2 aromatic rings. The van der Waals surface area contributed by atoms with E-state index in [1.165, 1.54) is 5.56 Å². The third-order valence-corrected chi connectivity index (χ3v) is 4.21. The van der Waals surface area contributed by atoms with Crippen LogP contribution < -0.4 is 5.32 Å². The second-order valence-electron chi connectivity index (χ2n) is 5.72. The van der Waals surface area contributed by atoms with Gasteiger partial charge in [-0.2, -0.15) is 0 Å². The molecule has 22 heavy (non-hydrogen) atoms. The number of hydrogen-bond donors (Lipinski definition) is 2. The molecule has 118 valence electrons. The summed E-state index contributed by atoms with van der Waals surface area (Å²) in [5.41, 5.74) is 1.22. The van der Waals surface area contributed by atoms with Crippen molar-refractivity contribution in [3.8, 4) is 0 Å². The molecule has 1 fully saturated rings. The second kappa shape index (κ2) is 6.84. The van der Waals surface area contributed by atoms with E-state index in [9.17, 15) is 5.11 Å². The fraction of sp³-hybridized carbons (Fsp3) is 0.412. The van der Waals surface area contributed by atoms with Crippen molar-refractivity contribution in [3.63, 3.8) is 0 Å². The first kappa shape index (κ1) is 15.6. The zero-order valence-corrected chi connectivity index (χ0v) is 13.1. The molecule has 1 atom stereocenters. The van der Waals surface area contributed by atoms with Crippen molar-refractivity contribution in [2.75, 3.05) is 13.2 Å². The molecule has 1 aromatic carbocycles. The summed E-state index contributed by atoms with van der Waals surface area (Å²) in [4.78, 5) is 0. The van der Waals surface area contributed by atoms with Gasteiger partial charge in [0.15, 0.2) is 0 Å². The van der Waals surface area contributed by atoms with E-state index in [0.29, 0.717) is 13.2 Å². The van der Waals surface area contributed by atoms with E-state index in [0.717, 1.165) is 23.6 Å². The SMILES string of the molecule is OC(CNC1(c2ccc(Cl)cc2)CC1)COCc1ccco1. The van der Waals surface area contributed by atoms with Crippen molar-refractivity contribution in [1.29, 1.82) is 0 Å². The lowest BCUT2D eigenvalue weighted by Gasteiger charge is -2.20. The molecule has 0 aliphatic heterocycles. The van der Waals surface area contributed by atoms with Gasteiger partial charge in [-0.05, 0) is 42.7 Å². The van der Waals surface area contributed by atoms with Gasteiger partial charge < -0.3 is 19.6 Å². The maximum atomic E-state index is 10.0. The Bertz CT molecular complexity index is 578. The predicted octanol–water partition coefficient (Wildman–Crippen LogP) is 3.09. The van der Waals surface area contributed by atoms with E-state index >= 15 is 0 Å². The number of aliphatic hydroxyl groups is 1. The first-order chi connectivity index (χ1) is 10.7. The lowest BCUT2D eigenvalue weighted by atomic mass is 10.0. The van der Waals surface area contributed by atoms with Gasteiger partial charge in [-0.1, -0.05) is 23.7 Å². The number of aliphatic hydroxyl groups excluding tert-OH is 1. The van der Waals surface area contributed by atoms with Crippen LogP contribution in [0.1, 0.15) is 24.2 Å².